The lowest BCUT2D eigenvalue weighted by atomic mass is 10.0. The number of hydrogen-bond donors (Lipinski definition) is 2. The predicted molar refractivity (Wildman–Crippen MR) is 79.3 cm³/mol. The van der Waals surface area contributed by atoms with Gasteiger partial charge in [0, 0.05) is 32.1 Å². The number of nitrogen functional groups attached to an aromatic ring is 1. The number of nitrogens with one attached hydrogen (secondary N) is 1. The smallest absolute Gasteiger partial charge is 0.263 e. The number of hydrogen-bond acceptors (Lipinski definition) is 7. The molecular formula is C13H16N4O3S. The maximum Gasteiger partial charge on any atom is 0.263 e. The number of anilines is 1. The number of carbonyl (C=O) groups excluding carboxylic acids is 1. The highest BCUT2D eigenvalue weighted by Crippen LogP contribution is 2.31. The van der Waals surface area contributed by atoms with Crippen LogP contribution in [0.15, 0.2) is 12.3 Å². The standard InChI is InChI=1S/C13H16N4O3S/c1-19-13(3-5-20-7-13)6-15-11(18)10-9(14)8-2-4-16-17-12(8)21-10/h2,4H,3,5-7,14H2,1H3,(H,15,18). The van der Waals surface area contributed by atoms with Crippen LogP contribution in [0.3, 0.4) is 0 Å². The van der Waals surface area contributed by atoms with Crippen LogP contribution in [0.5, 0.6) is 0 Å². The quantitative estimate of drug-likeness (QED) is 0.867. The molecule has 0 aromatic carbocycles. The van der Waals surface area contributed by atoms with Crippen molar-refractivity contribution in [2.45, 2.75) is 12.0 Å². The van der Waals surface area contributed by atoms with Crippen LogP contribution in [0.4, 0.5) is 5.69 Å². The zero-order valence-corrected chi connectivity index (χ0v) is 12.4. The third-order valence-corrected chi connectivity index (χ3v) is 4.80. The molecule has 0 bridgehead atoms. The van der Waals surface area contributed by atoms with Crippen molar-refractivity contribution in [2.24, 2.45) is 0 Å². The van der Waals surface area contributed by atoms with Crippen LogP contribution in [0.1, 0.15) is 16.1 Å². The first-order chi connectivity index (χ1) is 10.2. The van der Waals surface area contributed by atoms with Crippen LogP contribution in [0.2, 0.25) is 0 Å². The Balaban J connectivity index is 1.76. The van der Waals surface area contributed by atoms with Gasteiger partial charge >= 0.3 is 0 Å². The van der Waals surface area contributed by atoms with Crippen molar-refractivity contribution in [2.75, 3.05) is 32.6 Å². The van der Waals surface area contributed by atoms with Gasteiger partial charge in [0.25, 0.3) is 5.91 Å². The molecule has 3 N–H and O–H groups in total. The first-order valence-corrected chi connectivity index (χ1v) is 7.38. The van der Waals surface area contributed by atoms with E-state index in [1.54, 1.807) is 19.4 Å². The Morgan fingerprint density at radius 2 is 2.52 bits per heavy atom. The van der Waals surface area contributed by atoms with E-state index in [1.165, 1.54) is 11.3 Å². The van der Waals surface area contributed by atoms with Crippen LogP contribution >= 0.6 is 11.3 Å². The third kappa shape index (κ3) is 2.57. The Hall–Kier alpha value is -1.77. The Kier molecular flexibility index (Phi) is 3.75. The van der Waals surface area contributed by atoms with Crippen molar-refractivity contribution in [3.05, 3.63) is 17.1 Å². The molecule has 21 heavy (non-hydrogen) atoms. The summed E-state index contributed by atoms with van der Waals surface area (Å²) < 4.78 is 10.8. The van der Waals surface area contributed by atoms with Gasteiger partial charge in [-0.2, -0.15) is 5.10 Å². The topological polar surface area (TPSA) is 99.4 Å². The van der Waals surface area contributed by atoms with Crippen LogP contribution in [-0.4, -0.2) is 48.6 Å². The molecule has 112 valence electrons. The molecule has 3 rings (SSSR count). The second-order valence-electron chi connectivity index (χ2n) is 4.97. The fourth-order valence-corrected chi connectivity index (χ4v) is 3.28. The SMILES string of the molecule is COC1(CNC(=O)c2sc3nnccc3c2N)CCOC1. The van der Waals surface area contributed by atoms with Gasteiger partial charge in [-0.1, -0.05) is 0 Å². The molecule has 8 heteroatoms. The van der Waals surface area contributed by atoms with Gasteiger partial charge in [-0.15, -0.1) is 16.4 Å². The maximum atomic E-state index is 12.3. The highest BCUT2D eigenvalue weighted by atomic mass is 32.1. The molecule has 1 amide bonds. The number of nitrogens with two attached hydrogens (primary N) is 1. The number of methoxy groups -OCH3 is 1. The molecular weight excluding hydrogens is 292 g/mol. The molecule has 0 radical (unpaired) electrons. The summed E-state index contributed by atoms with van der Waals surface area (Å²) in [4.78, 5) is 13.4. The third-order valence-electron chi connectivity index (χ3n) is 3.70. The van der Waals surface area contributed by atoms with Crippen LogP contribution in [0.25, 0.3) is 10.2 Å². The van der Waals surface area contributed by atoms with E-state index in [4.69, 9.17) is 15.2 Å². The minimum absolute atomic E-state index is 0.223. The lowest BCUT2D eigenvalue weighted by Gasteiger charge is -2.25. The lowest BCUT2D eigenvalue weighted by Crippen LogP contribution is -2.44. The molecule has 1 saturated heterocycles. The van der Waals surface area contributed by atoms with Gasteiger partial charge in [0.15, 0.2) is 0 Å². The fourth-order valence-electron chi connectivity index (χ4n) is 2.32. The van der Waals surface area contributed by atoms with Gasteiger partial charge in [-0.25, -0.2) is 0 Å². The van der Waals surface area contributed by atoms with Crippen LogP contribution in [-0.2, 0) is 9.47 Å². The van der Waals surface area contributed by atoms with E-state index in [9.17, 15) is 4.79 Å². The summed E-state index contributed by atoms with van der Waals surface area (Å²) in [5, 5.41) is 11.4. The number of carbonyl (C=O) groups is 1. The number of rotatable bonds is 4. The predicted octanol–water partition coefficient (Wildman–Crippen LogP) is 0.809. The Labute approximate surface area is 125 Å². The van der Waals surface area contributed by atoms with Crippen molar-refractivity contribution in [1.82, 2.24) is 15.5 Å². The van der Waals surface area contributed by atoms with Gasteiger partial charge in [0.05, 0.1) is 18.5 Å². The van der Waals surface area contributed by atoms with Gasteiger partial charge in [-0.3, -0.25) is 4.79 Å². The molecule has 3 heterocycles. The summed E-state index contributed by atoms with van der Waals surface area (Å²) in [6.45, 7) is 1.52. The van der Waals surface area contributed by atoms with Crippen molar-refractivity contribution in [3.8, 4) is 0 Å². The number of fused-ring (bicyclic) bond motifs is 1. The molecule has 2 aromatic heterocycles. The van der Waals surface area contributed by atoms with E-state index in [0.29, 0.717) is 35.2 Å². The number of ether oxygens (including phenoxy) is 2. The van der Waals surface area contributed by atoms with E-state index in [1.807, 2.05) is 0 Å². The molecule has 0 saturated carbocycles. The maximum absolute atomic E-state index is 12.3. The molecule has 2 aromatic rings. The fraction of sp³-hybridized carbons (Fsp3) is 0.462. The average Bonchev–Trinajstić information content (AvgIpc) is 3.11. The summed E-state index contributed by atoms with van der Waals surface area (Å²) in [6, 6.07) is 1.76. The second-order valence-corrected chi connectivity index (χ2v) is 5.97. The normalized spacial score (nSPS) is 21.8. The number of thiophene rings is 1. The van der Waals surface area contributed by atoms with Gasteiger partial charge in [-0.05, 0) is 6.07 Å². The molecule has 0 aliphatic carbocycles. The van der Waals surface area contributed by atoms with Crippen LogP contribution in [0, 0.1) is 0 Å². The zero-order chi connectivity index (χ0) is 14.9. The van der Waals surface area contributed by atoms with E-state index >= 15 is 0 Å². The Morgan fingerprint density at radius 3 is 3.19 bits per heavy atom. The first-order valence-electron chi connectivity index (χ1n) is 6.56. The van der Waals surface area contributed by atoms with Crippen molar-refractivity contribution < 1.29 is 14.3 Å². The van der Waals surface area contributed by atoms with E-state index in [0.717, 1.165) is 11.8 Å². The van der Waals surface area contributed by atoms with Gasteiger partial charge in [0.2, 0.25) is 0 Å². The molecule has 7 nitrogen and oxygen atoms in total. The highest BCUT2D eigenvalue weighted by molar-refractivity contribution is 7.21. The van der Waals surface area contributed by atoms with Gasteiger partial charge in [0.1, 0.15) is 15.3 Å². The minimum atomic E-state index is -0.444. The summed E-state index contributed by atoms with van der Waals surface area (Å²) in [5.74, 6) is -0.223. The average molecular weight is 308 g/mol. The molecule has 1 aliphatic heterocycles. The lowest BCUT2D eigenvalue weighted by molar-refractivity contribution is -0.0148. The Bertz CT molecular complexity index is 666. The summed E-state index contributed by atoms with van der Waals surface area (Å²) in [7, 11) is 1.63. The van der Waals surface area contributed by atoms with Gasteiger partial charge < -0.3 is 20.5 Å². The second kappa shape index (κ2) is 5.55. The number of nitrogens with zero attached hydrogens (tertiary/aromatic N) is 2. The minimum Gasteiger partial charge on any atom is -0.397 e. The van der Waals surface area contributed by atoms with Crippen molar-refractivity contribution in [3.63, 3.8) is 0 Å². The van der Waals surface area contributed by atoms with Crippen molar-refractivity contribution >= 4 is 33.1 Å². The molecule has 1 fully saturated rings. The zero-order valence-electron chi connectivity index (χ0n) is 11.6. The number of amides is 1. The van der Waals surface area contributed by atoms with E-state index in [-0.39, 0.29) is 5.91 Å². The molecule has 1 unspecified atom stereocenters. The van der Waals surface area contributed by atoms with E-state index < -0.39 is 5.60 Å². The summed E-state index contributed by atoms with van der Waals surface area (Å²) >= 11 is 1.24. The largest absolute Gasteiger partial charge is 0.397 e. The highest BCUT2D eigenvalue weighted by Gasteiger charge is 2.35. The van der Waals surface area contributed by atoms with Crippen LogP contribution < -0.4 is 11.1 Å². The molecule has 0 spiro atoms. The monoisotopic (exact) mass is 308 g/mol. The molecule has 1 atom stereocenters. The summed E-state index contributed by atoms with van der Waals surface area (Å²) in [6.07, 6.45) is 2.32. The first kappa shape index (κ1) is 14.2. The molecule has 1 aliphatic rings. The Morgan fingerprint density at radius 1 is 1.67 bits per heavy atom. The van der Waals surface area contributed by atoms with E-state index in [2.05, 4.69) is 15.5 Å². The van der Waals surface area contributed by atoms with Crippen molar-refractivity contribution in [1.29, 1.82) is 0 Å². The number of aromatic nitrogens is 2. The summed E-state index contributed by atoms with van der Waals surface area (Å²) in [5.41, 5.74) is 6.01.